The highest BCUT2D eigenvalue weighted by Gasteiger charge is 2.35. The van der Waals surface area contributed by atoms with Crippen molar-refractivity contribution in [3.63, 3.8) is 0 Å². The molecule has 2 aliphatic rings. The number of aliphatic imine (C=N–C) groups is 1. The van der Waals surface area contributed by atoms with Crippen molar-refractivity contribution in [1.82, 2.24) is 5.01 Å². The van der Waals surface area contributed by atoms with Crippen molar-refractivity contribution in [2.75, 3.05) is 0 Å². The summed E-state index contributed by atoms with van der Waals surface area (Å²) in [6, 6.07) is 5.76. The van der Waals surface area contributed by atoms with E-state index in [1.165, 1.54) is 48.2 Å². The second-order valence-electron chi connectivity index (χ2n) is 6.23. The van der Waals surface area contributed by atoms with Crippen molar-refractivity contribution in [3.8, 4) is 0 Å². The molecule has 0 atom stereocenters. The molecule has 0 fully saturated rings. The number of amides is 1. The van der Waals surface area contributed by atoms with Crippen LogP contribution >= 0.6 is 11.8 Å². The first kappa shape index (κ1) is 18.5. The molecular weight excluding hydrogens is 351 g/mol. The van der Waals surface area contributed by atoms with Gasteiger partial charge in [0.15, 0.2) is 5.84 Å². The lowest BCUT2D eigenvalue weighted by molar-refractivity contribution is -0.114. The molecule has 5 nitrogen and oxygen atoms in total. The van der Waals surface area contributed by atoms with E-state index in [2.05, 4.69) is 17.0 Å². The minimum Gasteiger partial charge on any atom is -0.282 e. The number of thioether (sulfide) groups is 1. The van der Waals surface area contributed by atoms with Crippen LogP contribution in [0.5, 0.6) is 0 Å². The highest BCUT2D eigenvalue weighted by Crippen LogP contribution is 2.30. The molecule has 1 aromatic carbocycles. The van der Waals surface area contributed by atoms with Crippen LogP contribution in [0.4, 0.5) is 4.39 Å². The number of benzene rings is 1. The van der Waals surface area contributed by atoms with E-state index >= 15 is 0 Å². The summed E-state index contributed by atoms with van der Waals surface area (Å²) in [5.41, 5.74) is 0.805. The van der Waals surface area contributed by atoms with Gasteiger partial charge in [-0.25, -0.2) is 4.39 Å². The van der Waals surface area contributed by atoms with Gasteiger partial charge in [-0.3, -0.25) is 10.2 Å². The average molecular weight is 372 g/mol. The maximum Gasteiger partial charge on any atom is 0.283 e. The van der Waals surface area contributed by atoms with E-state index in [-0.39, 0.29) is 17.2 Å². The molecule has 0 saturated carbocycles. The van der Waals surface area contributed by atoms with E-state index in [1.807, 2.05) is 0 Å². The zero-order valence-corrected chi connectivity index (χ0v) is 15.5. The largest absolute Gasteiger partial charge is 0.283 e. The Balaban J connectivity index is 1.70. The molecule has 136 valence electrons. The van der Waals surface area contributed by atoms with Gasteiger partial charge in [0.1, 0.15) is 10.9 Å². The van der Waals surface area contributed by atoms with Gasteiger partial charge in [-0.15, -0.1) is 0 Å². The normalized spacial score (nSPS) is 18.2. The van der Waals surface area contributed by atoms with Crippen molar-refractivity contribution < 1.29 is 9.18 Å². The molecule has 0 saturated heterocycles. The smallest absolute Gasteiger partial charge is 0.282 e. The molecule has 0 radical (unpaired) electrons. The third-order valence-electron chi connectivity index (χ3n) is 4.17. The van der Waals surface area contributed by atoms with E-state index in [0.717, 1.165) is 24.3 Å². The molecule has 1 N–H and O–H groups in total. The van der Waals surface area contributed by atoms with Crippen LogP contribution in [0.3, 0.4) is 0 Å². The molecule has 1 amide bonds. The summed E-state index contributed by atoms with van der Waals surface area (Å²) in [5.74, 6) is -0.795. The van der Waals surface area contributed by atoms with Gasteiger partial charge < -0.3 is 0 Å². The fraction of sp³-hybridized carbons (Fsp3) is 0.368. The Bertz CT molecular complexity index is 798. The summed E-state index contributed by atoms with van der Waals surface area (Å²) < 4.78 is 13.0. The molecule has 0 aliphatic carbocycles. The van der Waals surface area contributed by atoms with Gasteiger partial charge in [0.05, 0.1) is 5.57 Å². The van der Waals surface area contributed by atoms with Crippen LogP contribution in [-0.2, 0) is 4.79 Å². The summed E-state index contributed by atoms with van der Waals surface area (Å²) in [6.45, 7) is 2.19. The van der Waals surface area contributed by atoms with Crippen LogP contribution in [0.2, 0.25) is 0 Å². The number of nitrogens with one attached hydrogen (secondary N) is 1. The van der Waals surface area contributed by atoms with Gasteiger partial charge >= 0.3 is 0 Å². The number of nitrogens with zero attached hydrogens (tertiary/aromatic N) is 3. The van der Waals surface area contributed by atoms with Crippen molar-refractivity contribution in [1.29, 1.82) is 5.41 Å². The first-order chi connectivity index (χ1) is 12.6. The van der Waals surface area contributed by atoms with Gasteiger partial charge in [-0.1, -0.05) is 44.7 Å². The molecular formula is C19H21FN4OS. The van der Waals surface area contributed by atoms with Gasteiger partial charge in [-0.05, 0) is 48.4 Å². The van der Waals surface area contributed by atoms with Crippen molar-refractivity contribution in [2.24, 2.45) is 10.1 Å². The number of fused-ring (bicyclic) bond motifs is 1. The van der Waals surface area contributed by atoms with E-state index < -0.39 is 5.91 Å². The Morgan fingerprint density at radius 3 is 2.65 bits per heavy atom. The Labute approximate surface area is 156 Å². The number of carbonyl (C=O) groups is 1. The molecule has 7 heteroatoms. The number of hydrazone groups is 1. The van der Waals surface area contributed by atoms with Crippen LogP contribution < -0.4 is 0 Å². The lowest BCUT2D eigenvalue weighted by Gasteiger charge is -2.20. The maximum absolute atomic E-state index is 13.0. The second kappa shape index (κ2) is 8.40. The summed E-state index contributed by atoms with van der Waals surface area (Å²) >= 11 is 1.36. The third-order valence-corrected chi connectivity index (χ3v) is 5.14. The highest BCUT2D eigenvalue weighted by atomic mass is 32.2. The Kier molecular flexibility index (Phi) is 5.98. The summed E-state index contributed by atoms with van der Waals surface area (Å²) in [6.07, 6.45) is 8.27. The number of halogens is 1. The monoisotopic (exact) mass is 372 g/mol. The second-order valence-corrected chi connectivity index (χ2v) is 7.27. The molecule has 2 heterocycles. The number of hydrogen-bond acceptors (Lipinski definition) is 4. The quantitative estimate of drug-likeness (QED) is 0.552. The van der Waals surface area contributed by atoms with Gasteiger partial charge in [0.2, 0.25) is 5.17 Å². The van der Waals surface area contributed by atoms with Crippen LogP contribution in [0.25, 0.3) is 6.08 Å². The van der Waals surface area contributed by atoms with E-state index in [9.17, 15) is 9.18 Å². The highest BCUT2D eigenvalue weighted by molar-refractivity contribution is 8.26. The molecule has 3 rings (SSSR count). The zero-order valence-electron chi connectivity index (χ0n) is 14.7. The van der Waals surface area contributed by atoms with E-state index in [1.54, 1.807) is 18.2 Å². The SMILES string of the molecule is CCCCCCCC1=NN2C(=N)C(=Cc3ccc(F)cc3)C(=O)N=C2S1. The first-order valence-corrected chi connectivity index (χ1v) is 9.65. The minimum atomic E-state index is -0.461. The van der Waals surface area contributed by atoms with Crippen molar-refractivity contribution >= 4 is 39.8 Å². The Morgan fingerprint density at radius 1 is 1.19 bits per heavy atom. The molecule has 2 aliphatic heterocycles. The van der Waals surface area contributed by atoms with E-state index in [0.29, 0.717) is 10.7 Å². The van der Waals surface area contributed by atoms with E-state index in [4.69, 9.17) is 5.41 Å². The van der Waals surface area contributed by atoms with Crippen molar-refractivity contribution in [3.05, 3.63) is 41.2 Å². The van der Waals surface area contributed by atoms with Crippen LogP contribution in [0.1, 0.15) is 51.0 Å². The number of carbonyl (C=O) groups excluding carboxylic acids is 1. The number of amidine groups is 2. The molecule has 0 bridgehead atoms. The summed E-state index contributed by atoms with van der Waals surface area (Å²) in [7, 11) is 0. The lowest BCUT2D eigenvalue weighted by atomic mass is 10.1. The topological polar surface area (TPSA) is 68.9 Å². The average Bonchev–Trinajstić information content (AvgIpc) is 3.03. The molecule has 1 aromatic rings. The predicted octanol–water partition coefficient (Wildman–Crippen LogP) is 4.81. The number of rotatable bonds is 7. The predicted molar refractivity (Wildman–Crippen MR) is 105 cm³/mol. The molecule has 0 aromatic heterocycles. The van der Waals surface area contributed by atoms with Crippen molar-refractivity contribution in [2.45, 2.75) is 45.4 Å². The van der Waals surface area contributed by atoms with Gasteiger partial charge in [0.25, 0.3) is 5.91 Å². The Hall–Kier alpha value is -2.28. The molecule has 0 spiro atoms. The van der Waals surface area contributed by atoms with Crippen LogP contribution in [0, 0.1) is 11.2 Å². The standard InChI is InChI=1S/C19H21FN4OS/c1-2-3-4-5-6-7-16-23-24-17(21)15(18(25)22-19(24)26-16)12-13-8-10-14(20)11-9-13/h8-12,21H,2-7H2,1H3. The number of hydrogen-bond donors (Lipinski definition) is 1. The lowest BCUT2D eigenvalue weighted by Crippen LogP contribution is -2.35. The fourth-order valence-electron chi connectivity index (χ4n) is 2.74. The maximum atomic E-state index is 13.0. The van der Waals surface area contributed by atoms with Crippen LogP contribution in [0.15, 0.2) is 39.9 Å². The summed E-state index contributed by atoms with van der Waals surface area (Å²) in [5, 5.41) is 15.5. The van der Waals surface area contributed by atoms with Gasteiger partial charge in [0, 0.05) is 0 Å². The first-order valence-electron chi connectivity index (χ1n) is 8.83. The Morgan fingerprint density at radius 2 is 1.92 bits per heavy atom. The molecule has 26 heavy (non-hydrogen) atoms. The van der Waals surface area contributed by atoms with Gasteiger partial charge in [-0.2, -0.15) is 15.1 Å². The fourth-order valence-corrected chi connectivity index (χ4v) is 3.66. The number of unbranched alkanes of at least 4 members (excludes halogenated alkanes) is 4. The minimum absolute atomic E-state index is 0.0119. The summed E-state index contributed by atoms with van der Waals surface area (Å²) in [4.78, 5) is 16.4. The zero-order chi connectivity index (χ0) is 18.5. The molecule has 0 unspecified atom stereocenters. The van der Waals surface area contributed by atoms with Crippen LogP contribution in [-0.4, -0.2) is 27.0 Å². The third kappa shape index (κ3) is 4.27.